The number of Topliss-reactive ketones (excluding diaryl/α,β-unsaturated/α-hetero) is 2. The van der Waals surface area contributed by atoms with Crippen LogP contribution in [0.5, 0.6) is 0 Å². The Bertz CT molecular complexity index is 703. The monoisotopic (exact) mass is 295 g/mol. The Kier molecular flexibility index (Phi) is 5.96. The fourth-order valence-corrected chi connectivity index (χ4v) is 2.34. The van der Waals surface area contributed by atoms with Crippen LogP contribution in [-0.4, -0.2) is 11.6 Å². The molecule has 0 aliphatic carbocycles. The lowest BCUT2D eigenvalue weighted by Crippen LogP contribution is -2.16. The van der Waals surface area contributed by atoms with Crippen molar-refractivity contribution >= 4 is 11.6 Å². The molecule has 114 valence electrons. The average Bonchev–Trinajstić information content (AvgIpc) is 2.52. The molecule has 0 saturated heterocycles. The maximum Gasteiger partial charge on any atom is 0.233 e. The molecule has 0 aromatic heterocycles. The number of carbonyl (C=O) groups excluding carboxylic acids is 2. The molecule has 0 aliphatic rings. The second-order valence-corrected chi connectivity index (χ2v) is 5.04. The molecule has 2 aromatic carbocycles. The summed E-state index contributed by atoms with van der Waals surface area (Å²) in [6, 6.07) is 12.3. The number of hydrogen-bond donors (Lipinski definition) is 1. The van der Waals surface area contributed by atoms with Crippen LogP contribution in [0.3, 0.4) is 0 Å². The second-order valence-electron chi connectivity index (χ2n) is 5.04. The minimum absolute atomic E-state index is 0. The molecule has 0 saturated carbocycles. The zero-order valence-corrected chi connectivity index (χ0v) is 13.1. The van der Waals surface area contributed by atoms with E-state index in [1.165, 1.54) is 0 Å². The number of carbonyl (C=O) groups is 2. The minimum atomic E-state index is -0.463. The Labute approximate surface area is 131 Å². The first-order valence-corrected chi connectivity index (χ1v) is 6.90. The van der Waals surface area contributed by atoms with Gasteiger partial charge in [-0.1, -0.05) is 48.5 Å². The molecule has 3 heteroatoms. The lowest BCUT2D eigenvalue weighted by atomic mass is 9.92. The third-order valence-electron chi connectivity index (χ3n) is 3.75. The van der Waals surface area contributed by atoms with Crippen molar-refractivity contribution in [1.29, 1.82) is 0 Å². The molecule has 3 nitrogen and oxygen atoms in total. The first-order chi connectivity index (χ1) is 10.1. The van der Waals surface area contributed by atoms with E-state index in [0.29, 0.717) is 11.1 Å². The molecule has 0 fully saturated rings. The Morgan fingerprint density at radius 1 is 0.955 bits per heavy atom. The molecule has 0 bridgehead atoms. The van der Waals surface area contributed by atoms with Gasteiger partial charge in [-0.15, -0.1) is 6.58 Å². The molecule has 3 N–H and O–H groups in total. The van der Waals surface area contributed by atoms with Crippen molar-refractivity contribution in [2.45, 2.75) is 20.3 Å². The van der Waals surface area contributed by atoms with Gasteiger partial charge in [0.25, 0.3) is 0 Å². The van der Waals surface area contributed by atoms with Crippen molar-refractivity contribution in [2.24, 2.45) is 0 Å². The van der Waals surface area contributed by atoms with Gasteiger partial charge in [-0.25, -0.2) is 0 Å². The summed E-state index contributed by atoms with van der Waals surface area (Å²) in [5, 5.41) is 0. The highest BCUT2D eigenvalue weighted by Gasteiger charge is 2.20. The van der Waals surface area contributed by atoms with E-state index in [1.54, 1.807) is 30.3 Å². The number of allylic oxidation sites excluding steroid dienone is 1. The van der Waals surface area contributed by atoms with Gasteiger partial charge >= 0.3 is 0 Å². The first kappa shape index (κ1) is 17.5. The van der Waals surface area contributed by atoms with Gasteiger partial charge in [-0.05, 0) is 37.0 Å². The Morgan fingerprint density at radius 3 is 2.18 bits per heavy atom. The number of benzene rings is 2. The van der Waals surface area contributed by atoms with Crippen LogP contribution in [0.15, 0.2) is 55.1 Å². The average molecular weight is 295 g/mol. The molecule has 0 heterocycles. The summed E-state index contributed by atoms with van der Waals surface area (Å²) in [5.41, 5.74) is 3.94. The van der Waals surface area contributed by atoms with Crippen molar-refractivity contribution in [2.75, 3.05) is 0 Å². The highest BCUT2D eigenvalue weighted by Crippen LogP contribution is 2.20. The molecule has 2 aromatic rings. The SMILES string of the molecule is C=CCc1ccc(C(=O)C(=O)c2ccccc2)c(C)c1C.N. The fourth-order valence-electron chi connectivity index (χ4n) is 2.34. The highest BCUT2D eigenvalue weighted by molar-refractivity contribution is 6.49. The molecule has 0 amide bonds. The topological polar surface area (TPSA) is 69.1 Å². The number of rotatable bonds is 5. The maximum atomic E-state index is 12.4. The van der Waals surface area contributed by atoms with Gasteiger partial charge in [-0.3, -0.25) is 9.59 Å². The van der Waals surface area contributed by atoms with E-state index in [4.69, 9.17) is 0 Å². The minimum Gasteiger partial charge on any atom is -0.344 e. The van der Waals surface area contributed by atoms with E-state index in [1.807, 2.05) is 32.1 Å². The lowest BCUT2D eigenvalue weighted by molar-refractivity contribution is 0.0816. The summed E-state index contributed by atoms with van der Waals surface area (Å²) in [6.07, 6.45) is 2.59. The molecule has 0 atom stereocenters. The molecule has 2 rings (SSSR count). The summed E-state index contributed by atoms with van der Waals surface area (Å²) in [5.74, 6) is -0.915. The Hall–Kier alpha value is -2.52. The maximum absolute atomic E-state index is 12.4. The molecule has 0 unspecified atom stereocenters. The van der Waals surface area contributed by atoms with Gasteiger partial charge in [0.05, 0.1) is 0 Å². The van der Waals surface area contributed by atoms with E-state index in [2.05, 4.69) is 6.58 Å². The van der Waals surface area contributed by atoms with Crippen molar-refractivity contribution in [3.8, 4) is 0 Å². The zero-order chi connectivity index (χ0) is 15.4. The van der Waals surface area contributed by atoms with Crippen LogP contribution in [0.2, 0.25) is 0 Å². The van der Waals surface area contributed by atoms with Gasteiger partial charge in [0.2, 0.25) is 11.6 Å². The first-order valence-electron chi connectivity index (χ1n) is 6.90. The van der Waals surface area contributed by atoms with Gasteiger partial charge in [0, 0.05) is 11.1 Å². The summed E-state index contributed by atoms with van der Waals surface area (Å²) < 4.78 is 0. The van der Waals surface area contributed by atoms with E-state index in [0.717, 1.165) is 23.1 Å². The summed E-state index contributed by atoms with van der Waals surface area (Å²) in [7, 11) is 0. The molecule has 0 spiro atoms. The quantitative estimate of drug-likeness (QED) is 0.509. The zero-order valence-electron chi connectivity index (χ0n) is 13.1. The highest BCUT2D eigenvalue weighted by atomic mass is 16.2. The predicted octanol–water partition coefficient (Wildman–Crippen LogP) is 4.26. The molecule has 0 aliphatic heterocycles. The van der Waals surface area contributed by atoms with Crippen LogP contribution in [0.4, 0.5) is 0 Å². The largest absolute Gasteiger partial charge is 0.344 e. The van der Waals surface area contributed by atoms with Crippen LogP contribution >= 0.6 is 0 Å². The van der Waals surface area contributed by atoms with Gasteiger partial charge in [-0.2, -0.15) is 0 Å². The molecular formula is C19H21NO2. The molecule has 0 radical (unpaired) electrons. The Morgan fingerprint density at radius 2 is 1.59 bits per heavy atom. The van der Waals surface area contributed by atoms with E-state index in [-0.39, 0.29) is 6.15 Å². The van der Waals surface area contributed by atoms with Crippen molar-refractivity contribution < 1.29 is 9.59 Å². The third kappa shape index (κ3) is 3.38. The van der Waals surface area contributed by atoms with Crippen LogP contribution in [0.25, 0.3) is 0 Å². The van der Waals surface area contributed by atoms with E-state index < -0.39 is 11.6 Å². The normalized spacial score (nSPS) is 9.73. The molecule has 22 heavy (non-hydrogen) atoms. The van der Waals surface area contributed by atoms with Crippen LogP contribution in [-0.2, 0) is 6.42 Å². The standard InChI is InChI=1S/C19H18O2.H3N/c1-4-8-15-11-12-17(14(3)13(15)2)19(21)18(20)16-9-6-5-7-10-16;/h4-7,9-12H,1,8H2,2-3H3;1H3. The van der Waals surface area contributed by atoms with Crippen molar-refractivity contribution in [3.63, 3.8) is 0 Å². The fraction of sp³-hybridized carbons (Fsp3) is 0.158. The van der Waals surface area contributed by atoms with Gasteiger partial charge in [0.15, 0.2) is 0 Å². The summed E-state index contributed by atoms with van der Waals surface area (Å²) in [6.45, 7) is 7.58. The number of ketones is 2. The third-order valence-corrected chi connectivity index (χ3v) is 3.75. The molecular weight excluding hydrogens is 274 g/mol. The van der Waals surface area contributed by atoms with Crippen LogP contribution in [0.1, 0.15) is 37.4 Å². The van der Waals surface area contributed by atoms with E-state index >= 15 is 0 Å². The van der Waals surface area contributed by atoms with Gasteiger partial charge < -0.3 is 6.15 Å². The summed E-state index contributed by atoms with van der Waals surface area (Å²) >= 11 is 0. The summed E-state index contributed by atoms with van der Waals surface area (Å²) in [4.78, 5) is 24.7. The van der Waals surface area contributed by atoms with E-state index in [9.17, 15) is 9.59 Å². The lowest BCUT2D eigenvalue weighted by Gasteiger charge is -2.11. The van der Waals surface area contributed by atoms with Crippen LogP contribution < -0.4 is 6.15 Å². The smallest absolute Gasteiger partial charge is 0.233 e. The number of hydrogen-bond acceptors (Lipinski definition) is 3. The van der Waals surface area contributed by atoms with Crippen molar-refractivity contribution in [3.05, 3.63) is 82.9 Å². The predicted molar refractivity (Wildman–Crippen MR) is 89.9 cm³/mol. The van der Waals surface area contributed by atoms with Crippen LogP contribution in [0, 0.1) is 13.8 Å². The van der Waals surface area contributed by atoms with Gasteiger partial charge in [0.1, 0.15) is 0 Å². The van der Waals surface area contributed by atoms with Crippen molar-refractivity contribution in [1.82, 2.24) is 6.15 Å². The second kappa shape index (κ2) is 7.48. The Balaban J connectivity index is 0.00000242.